The first-order valence-corrected chi connectivity index (χ1v) is 3.51. The molecule has 5 nitrogen and oxygen atoms in total. The van der Waals surface area contributed by atoms with Crippen molar-refractivity contribution in [2.24, 2.45) is 0 Å². The van der Waals surface area contributed by atoms with Gasteiger partial charge in [0.25, 0.3) is 0 Å². The lowest BCUT2D eigenvalue weighted by atomic mass is 10.1. The first-order chi connectivity index (χ1) is 5.71. The van der Waals surface area contributed by atoms with Crippen molar-refractivity contribution in [1.29, 1.82) is 0 Å². The number of rotatable bonds is 6. The Balaban J connectivity index is 4.18. The third-order valence-electron chi connectivity index (χ3n) is 1.60. The minimum atomic E-state index is -1.27. The number of carbonyl (C=O) groups excluding carboxylic acids is 1. The summed E-state index contributed by atoms with van der Waals surface area (Å²) in [6, 6.07) is 0. The van der Waals surface area contributed by atoms with Crippen LogP contribution in [0.15, 0.2) is 0 Å². The molecule has 0 saturated carbocycles. The van der Waals surface area contributed by atoms with Gasteiger partial charge in [-0.15, -0.1) is 0 Å². The van der Waals surface area contributed by atoms with E-state index in [4.69, 9.17) is 19.7 Å². The van der Waals surface area contributed by atoms with E-state index in [1.54, 1.807) is 0 Å². The predicted octanol–water partition coefficient (Wildman–Crippen LogP) is -1.43. The van der Waals surface area contributed by atoms with Crippen molar-refractivity contribution in [2.45, 2.75) is 18.3 Å². The summed E-state index contributed by atoms with van der Waals surface area (Å²) < 4.78 is 9.56. The van der Waals surface area contributed by atoms with Crippen molar-refractivity contribution >= 4 is 6.29 Å². The van der Waals surface area contributed by atoms with Gasteiger partial charge in [-0.25, -0.2) is 0 Å². The second-order valence-corrected chi connectivity index (χ2v) is 2.28. The summed E-state index contributed by atoms with van der Waals surface area (Å²) in [4.78, 5) is 10.2. The highest BCUT2D eigenvalue weighted by molar-refractivity contribution is 5.56. The predicted molar refractivity (Wildman–Crippen MR) is 40.8 cm³/mol. The summed E-state index contributed by atoms with van der Waals surface area (Å²) in [5.74, 6) is 0. The molecule has 72 valence electrons. The molecule has 0 bridgehead atoms. The number of aliphatic hydroxyl groups excluding tert-OH is 2. The summed E-state index contributed by atoms with van der Waals surface area (Å²) >= 11 is 0. The lowest BCUT2D eigenvalue weighted by molar-refractivity contribution is -0.135. The highest BCUT2D eigenvalue weighted by Crippen LogP contribution is 2.05. The van der Waals surface area contributed by atoms with Gasteiger partial charge in [0.1, 0.15) is 18.3 Å². The number of carbonyl (C=O) groups is 1. The quantitative estimate of drug-likeness (QED) is 0.488. The largest absolute Gasteiger partial charge is 0.394 e. The Bertz CT molecular complexity index is 123. The number of hydrogen-bond donors (Lipinski definition) is 2. The Hall–Kier alpha value is -0.490. The minimum absolute atomic E-state index is 0.306. The van der Waals surface area contributed by atoms with Gasteiger partial charge in [0.15, 0.2) is 6.29 Å². The lowest BCUT2D eigenvalue weighted by Crippen LogP contribution is -2.43. The van der Waals surface area contributed by atoms with Crippen LogP contribution in [0.1, 0.15) is 0 Å². The summed E-state index contributed by atoms with van der Waals surface area (Å²) in [7, 11) is 2.70. The van der Waals surface area contributed by atoms with Crippen LogP contribution < -0.4 is 0 Å². The van der Waals surface area contributed by atoms with E-state index in [1.165, 1.54) is 14.2 Å². The molecule has 0 aliphatic heterocycles. The van der Waals surface area contributed by atoms with Crippen LogP contribution in [0.25, 0.3) is 0 Å². The molecule has 0 aliphatic rings. The summed E-state index contributed by atoms with van der Waals surface area (Å²) in [6.07, 6.45) is -2.43. The van der Waals surface area contributed by atoms with Crippen LogP contribution in [-0.2, 0) is 14.3 Å². The fraction of sp³-hybridized carbons (Fsp3) is 0.857. The molecule has 0 rings (SSSR count). The average molecular weight is 178 g/mol. The molecular weight excluding hydrogens is 164 g/mol. The Kier molecular flexibility index (Phi) is 5.83. The summed E-state index contributed by atoms with van der Waals surface area (Å²) in [5, 5.41) is 17.8. The van der Waals surface area contributed by atoms with Gasteiger partial charge in [-0.2, -0.15) is 0 Å². The molecule has 0 amide bonds. The lowest BCUT2D eigenvalue weighted by Gasteiger charge is -2.24. The molecule has 0 aliphatic carbocycles. The standard InChI is InChI=1S/C7H14O5/c1-11-6(4-9)7(12-2)5(10)3-8/h3,5-7,9-10H,4H2,1-2H3/t5-,6-,7+/m1/s1. The van der Waals surface area contributed by atoms with E-state index in [1.807, 2.05) is 0 Å². The van der Waals surface area contributed by atoms with Gasteiger partial charge >= 0.3 is 0 Å². The van der Waals surface area contributed by atoms with Crippen LogP contribution in [-0.4, -0.2) is 55.6 Å². The van der Waals surface area contributed by atoms with Crippen molar-refractivity contribution in [2.75, 3.05) is 20.8 Å². The van der Waals surface area contributed by atoms with Gasteiger partial charge in [0.2, 0.25) is 0 Å². The molecule has 0 aromatic heterocycles. The van der Waals surface area contributed by atoms with Crippen molar-refractivity contribution in [3.05, 3.63) is 0 Å². The number of aliphatic hydroxyl groups is 2. The van der Waals surface area contributed by atoms with Crippen molar-refractivity contribution in [3.8, 4) is 0 Å². The number of methoxy groups -OCH3 is 2. The molecule has 0 spiro atoms. The Labute approximate surface area is 70.9 Å². The van der Waals surface area contributed by atoms with E-state index in [9.17, 15) is 4.79 Å². The fourth-order valence-electron chi connectivity index (χ4n) is 0.901. The van der Waals surface area contributed by atoms with Crippen molar-refractivity contribution in [3.63, 3.8) is 0 Å². The van der Waals surface area contributed by atoms with Crippen LogP contribution >= 0.6 is 0 Å². The maximum atomic E-state index is 10.2. The molecule has 0 aromatic carbocycles. The summed E-state index contributed by atoms with van der Waals surface area (Å²) in [5.41, 5.74) is 0. The monoisotopic (exact) mass is 178 g/mol. The zero-order valence-electron chi connectivity index (χ0n) is 7.14. The van der Waals surface area contributed by atoms with E-state index in [-0.39, 0.29) is 6.61 Å². The first-order valence-electron chi connectivity index (χ1n) is 3.51. The highest BCUT2D eigenvalue weighted by atomic mass is 16.5. The normalized spacial score (nSPS) is 18.3. The van der Waals surface area contributed by atoms with Gasteiger partial charge < -0.3 is 24.5 Å². The second kappa shape index (κ2) is 6.07. The van der Waals surface area contributed by atoms with E-state index in [2.05, 4.69) is 0 Å². The van der Waals surface area contributed by atoms with Crippen LogP contribution in [0.2, 0.25) is 0 Å². The third-order valence-corrected chi connectivity index (χ3v) is 1.60. The van der Waals surface area contributed by atoms with E-state index in [0.29, 0.717) is 6.29 Å². The van der Waals surface area contributed by atoms with Crippen molar-refractivity contribution in [1.82, 2.24) is 0 Å². The van der Waals surface area contributed by atoms with Gasteiger partial charge in [-0.05, 0) is 0 Å². The SMILES string of the molecule is CO[C@@H]([C@H](O)C=O)[C@@H](CO)OC. The molecule has 0 radical (unpaired) electrons. The third kappa shape index (κ3) is 2.86. The van der Waals surface area contributed by atoms with Crippen LogP contribution in [0, 0.1) is 0 Å². The van der Waals surface area contributed by atoms with Crippen LogP contribution in [0.4, 0.5) is 0 Å². The highest BCUT2D eigenvalue weighted by Gasteiger charge is 2.27. The number of aldehydes is 1. The molecule has 0 unspecified atom stereocenters. The smallest absolute Gasteiger partial charge is 0.151 e. The molecule has 5 heteroatoms. The van der Waals surface area contributed by atoms with E-state index in [0.717, 1.165) is 0 Å². The van der Waals surface area contributed by atoms with Gasteiger partial charge in [-0.3, -0.25) is 0 Å². The Morgan fingerprint density at radius 3 is 2.25 bits per heavy atom. The molecule has 12 heavy (non-hydrogen) atoms. The van der Waals surface area contributed by atoms with Gasteiger partial charge in [0.05, 0.1) is 6.61 Å². The molecule has 0 fully saturated rings. The van der Waals surface area contributed by atoms with E-state index < -0.39 is 18.3 Å². The molecule has 0 heterocycles. The fourth-order valence-corrected chi connectivity index (χ4v) is 0.901. The maximum Gasteiger partial charge on any atom is 0.151 e. The zero-order valence-corrected chi connectivity index (χ0v) is 7.14. The first kappa shape index (κ1) is 11.5. The molecule has 0 aromatic rings. The van der Waals surface area contributed by atoms with Gasteiger partial charge in [0, 0.05) is 14.2 Å². The van der Waals surface area contributed by atoms with Gasteiger partial charge in [-0.1, -0.05) is 0 Å². The van der Waals surface area contributed by atoms with Crippen LogP contribution in [0.3, 0.4) is 0 Å². The molecular formula is C7H14O5. The summed E-state index contributed by atoms with van der Waals surface area (Å²) in [6.45, 7) is -0.306. The van der Waals surface area contributed by atoms with E-state index >= 15 is 0 Å². The average Bonchev–Trinajstić information content (AvgIpc) is 2.12. The number of hydrogen-bond acceptors (Lipinski definition) is 5. The van der Waals surface area contributed by atoms with Crippen molar-refractivity contribution < 1.29 is 24.5 Å². The molecule has 0 saturated heterocycles. The zero-order chi connectivity index (χ0) is 9.56. The Morgan fingerprint density at radius 2 is 2.00 bits per heavy atom. The molecule has 3 atom stereocenters. The minimum Gasteiger partial charge on any atom is -0.394 e. The second-order valence-electron chi connectivity index (χ2n) is 2.28. The molecule has 2 N–H and O–H groups in total. The van der Waals surface area contributed by atoms with Crippen LogP contribution in [0.5, 0.6) is 0 Å². The Morgan fingerprint density at radius 1 is 1.42 bits per heavy atom. The topological polar surface area (TPSA) is 76.0 Å². The maximum absolute atomic E-state index is 10.2. The number of ether oxygens (including phenoxy) is 2.